The van der Waals surface area contributed by atoms with Crippen LogP contribution in [0.2, 0.25) is 0 Å². The molecule has 6 heteroatoms. The van der Waals surface area contributed by atoms with Crippen molar-refractivity contribution in [3.8, 4) is 11.5 Å². The summed E-state index contributed by atoms with van der Waals surface area (Å²) < 4.78 is 12.8. The van der Waals surface area contributed by atoms with Crippen LogP contribution >= 0.6 is 0 Å². The van der Waals surface area contributed by atoms with Gasteiger partial charge < -0.3 is 19.4 Å². The van der Waals surface area contributed by atoms with Gasteiger partial charge in [0, 0.05) is 31.9 Å². The lowest BCUT2D eigenvalue weighted by Crippen LogP contribution is -2.33. The number of hydrogen-bond donors (Lipinski definition) is 1. The third-order valence-electron chi connectivity index (χ3n) is 6.46. The van der Waals surface area contributed by atoms with Crippen molar-refractivity contribution in [1.29, 1.82) is 0 Å². The molecule has 1 amide bonds. The van der Waals surface area contributed by atoms with Gasteiger partial charge in [-0.15, -0.1) is 0 Å². The summed E-state index contributed by atoms with van der Waals surface area (Å²) in [5.41, 5.74) is 0.895. The molecule has 2 bridgehead atoms. The SMILES string of the molecule is COc1cc(OC)cc([C@@H](NC(=O)C[C@@H]2C[C@H]3CC[C@H]2C3)c2nccn2C)c1. The third-order valence-corrected chi connectivity index (χ3v) is 6.46. The molecule has 2 fully saturated rings. The van der Waals surface area contributed by atoms with Crippen LogP contribution in [0, 0.1) is 17.8 Å². The maximum Gasteiger partial charge on any atom is 0.221 e. The normalized spacial score (nSPS) is 24.2. The fourth-order valence-corrected chi connectivity index (χ4v) is 5.03. The molecule has 0 saturated heterocycles. The van der Waals surface area contributed by atoms with E-state index in [4.69, 9.17) is 9.47 Å². The summed E-state index contributed by atoms with van der Waals surface area (Å²) in [7, 11) is 5.19. The number of aryl methyl sites for hydroxylation is 1. The number of benzene rings is 1. The summed E-state index contributed by atoms with van der Waals surface area (Å²) in [6, 6.07) is 5.34. The predicted octanol–water partition coefficient (Wildman–Crippen LogP) is 3.47. The van der Waals surface area contributed by atoms with E-state index in [1.54, 1.807) is 20.4 Å². The lowest BCUT2D eigenvalue weighted by molar-refractivity contribution is -0.123. The number of methoxy groups -OCH3 is 2. The second-order valence-electron chi connectivity index (χ2n) is 8.18. The first-order chi connectivity index (χ1) is 13.6. The first-order valence-corrected chi connectivity index (χ1v) is 10.1. The Kier molecular flexibility index (Phi) is 5.29. The van der Waals surface area contributed by atoms with Crippen molar-refractivity contribution in [2.75, 3.05) is 14.2 Å². The average molecular weight is 383 g/mol. The van der Waals surface area contributed by atoms with Gasteiger partial charge in [0.05, 0.1) is 14.2 Å². The summed E-state index contributed by atoms with van der Waals surface area (Å²) >= 11 is 0. The van der Waals surface area contributed by atoms with Crippen molar-refractivity contribution >= 4 is 5.91 Å². The maximum absolute atomic E-state index is 13.0. The molecule has 1 heterocycles. The van der Waals surface area contributed by atoms with Crippen molar-refractivity contribution in [1.82, 2.24) is 14.9 Å². The van der Waals surface area contributed by atoms with Gasteiger partial charge in [-0.2, -0.15) is 0 Å². The average Bonchev–Trinajstić information content (AvgIpc) is 3.43. The Hall–Kier alpha value is -2.50. The molecule has 4 atom stereocenters. The van der Waals surface area contributed by atoms with E-state index in [-0.39, 0.29) is 11.9 Å². The van der Waals surface area contributed by atoms with Gasteiger partial charge in [-0.25, -0.2) is 4.98 Å². The molecule has 0 aliphatic heterocycles. The number of aromatic nitrogens is 2. The molecule has 2 saturated carbocycles. The minimum atomic E-state index is -0.352. The van der Waals surface area contributed by atoms with Crippen molar-refractivity contribution in [2.24, 2.45) is 24.8 Å². The van der Waals surface area contributed by atoms with Crippen LogP contribution in [0.4, 0.5) is 0 Å². The highest BCUT2D eigenvalue weighted by Gasteiger charge is 2.40. The molecular weight excluding hydrogens is 354 g/mol. The Morgan fingerprint density at radius 3 is 2.50 bits per heavy atom. The summed E-state index contributed by atoms with van der Waals surface area (Å²) in [5.74, 6) is 4.37. The fourth-order valence-electron chi connectivity index (χ4n) is 5.03. The van der Waals surface area contributed by atoms with E-state index in [1.807, 2.05) is 36.0 Å². The maximum atomic E-state index is 13.0. The first-order valence-electron chi connectivity index (χ1n) is 10.1. The van der Waals surface area contributed by atoms with Gasteiger partial charge >= 0.3 is 0 Å². The molecule has 1 aromatic carbocycles. The Bertz CT molecular complexity index is 825. The van der Waals surface area contributed by atoms with Crippen LogP contribution in [0.15, 0.2) is 30.6 Å². The van der Waals surface area contributed by atoms with E-state index >= 15 is 0 Å². The van der Waals surface area contributed by atoms with Crippen LogP contribution in [-0.2, 0) is 11.8 Å². The van der Waals surface area contributed by atoms with Gasteiger partial charge in [-0.05, 0) is 54.7 Å². The number of rotatable bonds is 7. The Morgan fingerprint density at radius 1 is 1.21 bits per heavy atom. The zero-order chi connectivity index (χ0) is 19.7. The monoisotopic (exact) mass is 383 g/mol. The second-order valence-corrected chi connectivity index (χ2v) is 8.18. The Labute approximate surface area is 166 Å². The molecule has 6 nitrogen and oxygen atoms in total. The standard InChI is InChI=1S/C22H29N3O3/c1-25-7-6-23-22(25)21(17-10-18(27-2)13-19(11-17)28-3)24-20(26)12-16-9-14-4-5-15(16)8-14/h6-7,10-11,13-16,21H,4-5,8-9,12H2,1-3H3,(H,24,26)/t14-,15-,16-,21+/m0/s1. The quantitative estimate of drug-likeness (QED) is 0.795. The van der Waals surface area contributed by atoms with Crippen LogP contribution in [0.3, 0.4) is 0 Å². The van der Waals surface area contributed by atoms with Crippen LogP contribution < -0.4 is 14.8 Å². The number of carbonyl (C=O) groups excluding carboxylic acids is 1. The summed E-state index contributed by atoms with van der Waals surface area (Å²) in [6.45, 7) is 0. The summed E-state index contributed by atoms with van der Waals surface area (Å²) in [5, 5.41) is 3.23. The Balaban J connectivity index is 1.58. The minimum absolute atomic E-state index is 0.0901. The highest BCUT2D eigenvalue weighted by Crippen LogP contribution is 2.49. The summed E-state index contributed by atoms with van der Waals surface area (Å²) in [6.07, 6.45) is 9.40. The lowest BCUT2D eigenvalue weighted by atomic mass is 9.86. The molecule has 1 N–H and O–H groups in total. The third kappa shape index (κ3) is 3.73. The molecule has 2 aliphatic rings. The molecule has 1 aromatic heterocycles. The highest BCUT2D eigenvalue weighted by molar-refractivity contribution is 5.77. The molecule has 150 valence electrons. The first kappa shape index (κ1) is 18.8. The molecular formula is C22H29N3O3. The number of amides is 1. The van der Waals surface area contributed by atoms with Crippen LogP contribution in [0.5, 0.6) is 11.5 Å². The van der Waals surface area contributed by atoms with Gasteiger partial charge in [-0.1, -0.05) is 6.42 Å². The van der Waals surface area contributed by atoms with Gasteiger partial charge in [0.1, 0.15) is 23.4 Å². The Morgan fingerprint density at radius 2 is 1.96 bits per heavy atom. The zero-order valence-corrected chi connectivity index (χ0v) is 16.9. The van der Waals surface area contributed by atoms with Crippen molar-refractivity contribution < 1.29 is 14.3 Å². The molecule has 28 heavy (non-hydrogen) atoms. The number of nitrogens with one attached hydrogen (secondary N) is 1. The van der Waals surface area contributed by atoms with Gasteiger partial charge in [0.2, 0.25) is 5.91 Å². The molecule has 2 aliphatic carbocycles. The number of ether oxygens (including phenoxy) is 2. The number of nitrogens with zero attached hydrogens (tertiary/aromatic N) is 2. The molecule has 0 unspecified atom stereocenters. The van der Waals surface area contributed by atoms with Gasteiger partial charge in [0.15, 0.2) is 0 Å². The van der Waals surface area contributed by atoms with Crippen molar-refractivity contribution in [2.45, 2.75) is 38.1 Å². The van der Waals surface area contributed by atoms with E-state index < -0.39 is 0 Å². The molecule has 0 radical (unpaired) electrons. The van der Waals surface area contributed by atoms with Crippen molar-refractivity contribution in [3.05, 3.63) is 42.0 Å². The predicted molar refractivity (Wildman–Crippen MR) is 106 cm³/mol. The molecule has 2 aromatic rings. The minimum Gasteiger partial charge on any atom is -0.497 e. The molecule has 4 rings (SSSR count). The zero-order valence-electron chi connectivity index (χ0n) is 16.9. The molecule has 0 spiro atoms. The van der Waals surface area contributed by atoms with E-state index in [1.165, 1.54) is 25.7 Å². The van der Waals surface area contributed by atoms with Crippen molar-refractivity contribution in [3.63, 3.8) is 0 Å². The van der Waals surface area contributed by atoms with E-state index in [2.05, 4.69) is 10.3 Å². The topological polar surface area (TPSA) is 65.4 Å². The van der Waals surface area contributed by atoms with Crippen LogP contribution in [-0.4, -0.2) is 29.7 Å². The lowest BCUT2D eigenvalue weighted by Gasteiger charge is -2.24. The number of fused-ring (bicyclic) bond motifs is 2. The van der Waals surface area contributed by atoms with Gasteiger partial charge in [0.25, 0.3) is 0 Å². The van der Waals surface area contributed by atoms with E-state index in [9.17, 15) is 4.79 Å². The number of imidazole rings is 1. The van der Waals surface area contributed by atoms with E-state index in [0.717, 1.165) is 23.2 Å². The second kappa shape index (κ2) is 7.86. The smallest absolute Gasteiger partial charge is 0.221 e. The van der Waals surface area contributed by atoms with E-state index in [0.29, 0.717) is 23.8 Å². The van der Waals surface area contributed by atoms with Gasteiger partial charge in [-0.3, -0.25) is 4.79 Å². The fraction of sp³-hybridized carbons (Fsp3) is 0.545. The van der Waals surface area contributed by atoms with Crippen LogP contribution in [0.1, 0.15) is 49.5 Å². The largest absolute Gasteiger partial charge is 0.497 e. The number of carbonyl (C=O) groups is 1. The highest BCUT2D eigenvalue weighted by atomic mass is 16.5. The number of hydrogen-bond acceptors (Lipinski definition) is 4. The van der Waals surface area contributed by atoms with Crippen LogP contribution in [0.25, 0.3) is 0 Å². The summed E-state index contributed by atoms with van der Waals surface area (Å²) in [4.78, 5) is 17.5.